The number of anilines is 2. The molecule has 1 aromatic heterocycles. The van der Waals surface area contributed by atoms with E-state index in [2.05, 4.69) is 5.32 Å². The number of benzene rings is 1. The van der Waals surface area contributed by atoms with Crippen molar-refractivity contribution in [3.63, 3.8) is 0 Å². The Morgan fingerprint density at radius 1 is 1.29 bits per heavy atom. The number of aryl methyl sites for hydroxylation is 2. The lowest BCUT2D eigenvalue weighted by Gasteiger charge is -2.08. The Hall–Kier alpha value is -2.56. The van der Waals surface area contributed by atoms with Crippen LogP contribution in [0.3, 0.4) is 0 Å². The number of pyridine rings is 1. The third kappa shape index (κ3) is 4.21. The van der Waals surface area contributed by atoms with Gasteiger partial charge < -0.3 is 15.6 Å². The second-order valence-corrected chi connectivity index (χ2v) is 4.84. The molecule has 1 amide bonds. The van der Waals surface area contributed by atoms with Gasteiger partial charge in [0.05, 0.1) is 5.69 Å². The highest BCUT2D eigenvalue weighted by Gasteiger charge is 2.04. The highest BCUT2D eigenvalue weighted by Crippen LogP contribution is 2.10. The molecule has 0 saturated heterocycles. The van der Waals surface area contributed by atoms with Gasteiger partial charge in [0, 0.05) is 30.9 Å². The van der Waals surface area contributed by atoms with Gasteiger partial charge in [-0.2, -0.15) is 0 Å². The number of aromatic nitrogens is 1. The number of hydrogen-bond donors (Lipinski definition) is 2. The van der Waals surface area contributed by atoms with Crippen molar-refractivity contribution < 1.29 is 4.79 Å². The van der Waals surface area contributed by atoms with Gasteiger partial charge in [0.2, 0.25) is 5.91 Å². The van der Waals surface area contributed by atoms with E-state index in [1.54, 1.807) is 16.8 Å². The maximum absolute atomic E-state index is 11.9. The Balaban J connectivity index is 1.94. The van der Waals surface area contributed by atoms with Gasteiger partial charge in [-0.3, -0.25) is 9.59 Å². The molecule has 0 bridgehead atoms. The number of nitrogen functional groups attached to an aromatic ring is 1. The number of nitrogens with two attached hydrogens (primary N) is 1. The van der Waals surface area contributed by atoms with Crippen molar-refractivity contribution in [3.8, 4) is 0 Å². The van der Waals surface area contributed by atoms with Crippen LogP contribution in [-0.4, -0.2) is 10.5 Å². The van der Waals surface area contributed by atoms with Crippen molar-refractivity contribution in [1.82, 2.24) is 4.57 Å². The Bertz CT molecular complexity index is 692. The molecule has 0 aliphatic rings. The van der Waals surface area contributed by atoms with E-state index in [1.165, 1.54) is 6.07 Å². The number of rotatable bonds is 5. The predicted molar refractivity (Wildman–Crippen MR) is 84.2 cm³/mol. The summed E-state index contributed by atoms with van der Waals surface area (Å²) in [5.41, 5.74) is 7.99. The largest absolute Gasteiger partial charge is 0.399 e. The minimum absolute atomic E-state index is 0.0738. The summed E-state index contributed by atoms with van der Waals surface area (Å²) < 4.78 is 1.55. The predicted octanol–water partition coefficient (Wildman–Crippen LogP) is 2.02. The second kappa shape index (κ2) is 6.74. The quantitative estimate of drug-likeness (QED) is 0.825. The molecule has 0 spiro atoms. The summed E-state index contributed by atoms with van der Waals surface area (Å²) >= 11 is 0. The minimum Gasteiger partial charge on any atom is -0.399 e. The number of carbonyl (C=O) groups excluding carboxylic acids is 1. The van der Waals surface area contributed by atoms with Crippen molar-refractivity contribution in [1.29, 1.82) is 0 Å². The van der Waals surface area contributed by atoms with Crippen LogP contribution in [0, 0.1) is 0 Å². The molecule has 1 aromatic carbocycles. The lowest BCUT2D eigenvalue weighted by atomic mass is 10.1. The molecule has 5 heteroatoms. The molecule has 0 aliphatic carbocycles. The maximum Gasteiger partial charge on any atom is 0.250 e. The number of carbonyl (C=O) groups is 1. The molecule has 0 atom stereocenters. The van der Waals surface area contributed by atoms with Gasteiger partial charge in [0.1, 0.15) is 0 Å². The highest BCUT2D eigenvalue weighted by molar-refractivity contribution is 5.90. The molecular weight excluding hydrogens is 266 g/mol. The van der Waals surface area contributed by atoms with E-state index in [0.717, 1.165) is 5.56 Å². The lowest BCUT2D eigenvalue weighted by Crippen LogP contribution is -2.19. The number of amides is 1. The molecule has 0 radical (unpaired) electrons. The Morgan fingerprint density at radius 2 is 2.10 bits per heavy atom. The van der Waals surface area contributed by atoms with Crippen LogP contribution in [0.5, 0.6) is 0 Å². The first-order chi connectivity index (χ1) is 10.1. The zero-order valence-electron chi connectivity index (χ0n) is 12.0. The van der Waals surface area contributed by atoms with Gasteiger partial charge >= 0.3 is 0 Å². The average molecular weight is 285 g/mol. The summed E-state index contributed by atoms with van der Waals surface area (Å²) in [7, 11) is 0. The molecule has 0 fully saturated rings. The molecule has 0 unspecified atom stereocenters. The lowest BCUT2D eigenvalue weighted by molar-refractivity contribution is -0.116. The van der Waals surface area contributed by atoms with Crippen molar-refractivity contribution in [2.75, 3.05) is 11.1 Å². The van der Waals surface area contributed by atoms with Crippen molar-refractivity contribution >= 4 is 17.3 Å². The van der Waals surface area contributed by atoms with Gasteiger partial charge in [-0.25, -0.2) is 0 Å². The average Bonchev–Trinajstić information content (AvgIpc) is 2.47. The molecule has 2 aromatic rings. The van der Waals surface area contributed by atoms with Crippen LogP contribution in [0.4, 0.5) is 11.4 Å². The monoisotopic (exact) mass is 285 g/mol. The van der Waals surface area contributed by atoms with Gasteiger partial charge in [-0.15, -0.1) is 0 Å². The van der Waals surface area contributed by atoms with E-state index in [0.29, 0.717) is 30.8 Å². The van der Waals surface area contributed by atoms with Crippen LogP contribution in [0.2, 0.25) is 0 Å². The molecule has 21 heavy (non-hydrogen) atoms. The van der Waals surface area contributed by atoms with Gasteiger partial charge in [-0.05, 0) is 37.1 Å². The van der Waals surface area contributed by atoms with E-state index in [-0.39, 0.29) is 11.5 Å². The molecule has 0 aliphatic heterocycles. The first kappa shape index (κ1) is 14.8. The fraction of sp³-hybridized carbons (Fsp3) is 0.250. The van der Waals surface area contributed by atoms with E-state index in [1.807, 2.05) is 31.2 Å². The van der Waals surface area contributed by atoms with Crippen molar-refractivity contribution in [2.24, 2.45) is 0 Å². The Kier molecular flexibility index (Phi) is 4.77. The summed E-state index contributed by atoms with van der Waals surface area (Å²) in [6.07, 6.45) is 2.65. The van der Waals surface area contributed by atoms with Gasteiger partial charge in [0.25, 0.3) is 5.56 Å². The number of nitrogens with zero attached hydrogens (tertiary/aromatic N) is 1. The van der Waals surface area contributed by atoms with Crippen LogP contribution in [0.25, 0.3) is 0 Å². The first-order valence-corrected chi connectivity index (χ1v) is 6.93. The fourth-order valence-corrected chi connectivity index (χ4v) is 2.08. The summed E-state index contributed by atoms with van der Waals surface area (Å²) in [5.74, 6) is -0.0845. The zero-order valence-corrected chi connectivity index (χ0v) is 12.0. The topological polar surface area (TPSA) is 77.1 Å². The minimum atomic E-state index is -0.0845. The van der Waals surface area contributed by atoms with E-state index in [9.17, 15) is 9.59 Å². The summed E-state index contributed by atoms with van der Waals surface area (Å²) in [6.45, 7) is 2.46. The molecule has 2 rings (SSSR count). The molecule has 3 N–H and O–H groups in total. The number of hydrogen-bond acceptors (Lipinski definition) is 3. The van der Waals surface area contributed by atoms with E-state index in [4.69, 9.17) is 5.73 Å². The van der Waals surface area contributed by atoms with E-state index >= 15 is 0 Å². The number of nitrogens with one attached hydrogen (secondary N) is 1. The van der Waals surface area contributed by atoms with Gasteiger partial charge in [-0.1, -0.05) is 12.1 Å². The molecular formula is C16H19N3O2. The second-order valence-electron chi connectivity index (χ2n) is 4.84. The van der Waals surface area contributed by atoms with Crippen molar-refractivity contribution in [3.05, 3.63) is 58.5 Å². The van der Waals surface area contributed by atoms with Crippen LogP contribution < -0.4 is 16.6 Å². The van der Waals surface area contributed by atoms with Crippen LogP contribution in [0.15, 0.2) is 47.4 Å². The fourth-order valence-electron chi connectivity index (χ4n) is 2.08. The summed E-state index contributed by atoms with van der Waals surface area (Å²) in [6, 6.07) is 10.6. The third-order valence-electron chi connectivity index (χ3n) is 3.20. The molecule has 110 valence electrons. The third-order valence-corrected chi connectivity index (χ3v) is 3.20. The zero-order chi connectivity index (χ0) is 15.2. The molecule has 1 heterocycles. The van der Waals surface area contributed by atoms with Crippen molar-refractivity contribution in [2.45, 2.75) is 26.3 Å². The maximum atomic E-state index is 11.9. The van der Waals surface area contributed by atoms with Crippen LogP contribution in [-0.2, 0) is 17.8 Å². The van der Waals surface area contributed by atoms with Crippen LogP contribution >= 0.6 is 0 Å². The Labute approximate surface area is 123 Å². The SMILES string of the molecule is CCn1cc(NC(=O)CCc2cccc(N)c2)ccc1=O. The normalized spacial score (nSPS) is 10.3. The smallest absolute Gasteiger partial charge is 0.250 e. The van der Waals surface area contributed by atoms with Gasteiger partial charge in [0.15, 0.2) is 0 Å². The Morgan fingerprint density at radius 3 is 2.81 bits per heavy atom. The molecule has 0 saturated carbocycles. The molecule has 5 nitrogen and oxygen atoms in total. The van der Waals surface area contributed by atoms with Crippen LogP contribution in [0.1, 0.15) is 18.9 Å². The summed E-state index contributed by atoms with van der Waals surface area (Å²) in [4.78, 5) is 23.4. The van der Waals surface area contributed by atoms with E-state index < -0.39 is 0 Å². The first-order valence-electron chi connectivity index (χ1n) is 6.93. The standard InChI is InChI=1S/C16H19N3O2/c1-2-19-11-14(7-9-16(19)21)18-15(20)8-6-12-4-3-5-13(17)10-12/h3-5,7,9-11H,2,6,8,17H2,1H3,(H,18,20). The highest BCUT2D eigenvalue weighted by atomic mass is 16.1. The summed E-state index contributed by atoms with van der Waals surface area (Å²) in [5, 5.41) is 2.80.